The van der Waals surface area contributed by atoms with E-state index in [1.165, 1.54) is 24.0 Å². The molecular weight excluding hydrogens is 744 g/mol. The number of rotatable bonds is 11. The highest BCUT2D eigenvalue weighted by molar-refractivity contribution is 5.92. The highest BCUT2D eigenvalue weighted by Crippen LogP contribution is 2.79. The normalized spacial score (nSPS) is 42.9. The zero-order valence-corrected chi connectivity index (χ0v) is 33.6. The van der Waals surface area contributed by atoms with Crippen LogP contribution in [0.15, 0.2) is 29.3 Å². The molecule has 1 spiro atoms. The van der Waals surface area contributed by atoms with Gasteiger partial charge in [0.05, 0.1) is 29.3 Å². The Hall–Kier alpha value is -3.83. The molecule has 310 valence electrons. The molecule has 0 aromatic heterocycles. The van der Waals surface area contributed by atoms with Crippen LogP contribution < -0.4 is 4.74 Å². The molecule has 1 aromatic rings. The molecule has 4 saturated heterocycles. The van der Waals surface area contributed by atoms with Crippen molar-refractivity contribution in [3.05, 3.63) is 45.0 Å². The lowest BCUT2D eigenvalue weighted by atomic mass is 9.47. The van der Waals surface area contributed by atoms with Crippen LogP contribution in [-0.2, 0) is 54.1 Å². The second-order valence-electron chi connectivity index (χ2n) is 17.8. The molecule has 0 radical (unpaired) electrons. The molecule has 16 heteroatoms. The van der Waals surface area contributed by atoms with E-state index in [4.69, 9.17) is 42.6 Å². The number of nitro groups is 1. The molecule has 8 aliphatic rings. The molecule has 57 heavy (non-hydrogen) atoms. The maximum absolute atomic E-state index is 13.6. The van der Waals surface area contributed by atoms with Crippen LogP contribution in [0.25, 0.3) is 0 Å². The van der Waals surface area contributed by atoms with Crippen molar-refractivity contribution in [2.24, 2.45) is 35.0 Å². The van der Waals surface area contributed by atoms with Gasteiger partial charge in [-0.3, -0.25) is 19.8 Å². The Bertz CT molecular complexity index is 1920. The van der Waals surface area contributed by atoms with E-state index in [2.05, 4.69) is 20.8 Å². The van der Waals surface area contributed by atoms with Crippen LogP contribution >= 0.6 is 0 Å². The number of nitrogens with zero attached hydrogens (tertiary/aromatic N) is 2. The van der Waals surface area contributed by atoms with Crippen LogP contribution in [0.3, 0.4) is 0 Å². The zero-order chi connectivity index (χ0) is 40.5. The van der Waals surface area contributed by atoms with Gasteiger partial charge in [0.15, 0.2) is 11.9 Å². The van der Waals surface area contributed by atoms with Crippen molar-refractivity contribution in [2.75, 3.05) is 19.9 Å². The zero-order valence-electron chi connectivity index (χ0n) is 33.6. The molecular formula is C41H52N2O14. The van der Waals surface area contributed by atoms with E-state index in [-0.39, 0.29) is 103 Å². The minimum Gasteiger partial charge on any atom is -0.458 e. The first-order chi connectivity index (χ1) is 27.1. The average Bonchev–Trinajstić information content (AvgIpc) is 4.09. The van der Waals surface area contributed by atoms with Crippen molar-refractivity contribution >= 4 is 23.7 Å². The predicted octanol–water partition coefficient (Wildman–Crippen LogP) is 4.84. The van der Waals surface area contributed by atoms with Gasteiger partial charge in [-0.25, -0.2) is 9.59 Å². The molecule has 2 saturated carbocycles. The standard InChI is InChI=1S/C41H52N2O14/c1-9-42(38(46)50-15-23-10-11-27(26(14-23)43(47)48)54-37-30(53-22(7)44)20(5)19(4)21(6)52-37)17-51-33-29-32-31(55-32)28-25-16-49-36(45)24(25)12-13-39(28,8)41(29)35(57-41)34-40(33,56-34)18(2)3/h10-11,14,18-21,28-35,37H,9,12-13,15-17H2,1-8H3/t19-,20-,21?,28+,29?,30?,31-,32+,33?,34-,35-,37-,39-,40+,41+/m0/s1. The third-order valence-corrected chi connectivity index (χ3v) is 14.8. The molecule has 16 nitrogen and oxygen atoms in total. The Balaban J connectivity index is 0.890. The first-order valence-corrected chi connectivity index (χ1v) is 20.3. The maximum atomic E-state index is 13.6. The van der Waals surface area contributed by atoms with Gasteiger partial charge in [-0.15, -0.1) is 0 Å². The first-order valence-electron chi connectivity index (χ1n) is 20.3. The van der Waals surface area contributed by atoms with Crippen LogP contribution in [0, 0.1) is 45.1 Å². The lowest BCUT2D eigenvalue weighted by Gasteiger charge is -2.54. The molecule has 15 atom stereocenters. The fourth-order valence-corrected chi connectivity index (χ4v) is 11.4. The molecule has 5 heterocycles. The van der Waals surface area contributed by atoms with Crippen molar-refractivity contribution in [1.82, 2.24) is 4.90 Å². The number of hydrogen-bond donors (Lipinski definition) is 0. The van der Waals surface area contributed by atoms with E-state index in [1.54, 1.807) is 6.07 Å². The summed E-state index contributed by atoms with van der Waals surface area (Å²) in [6.45, 7) is 15.6. The van der Waals surface area contributed by atoms with Gasteiger partial charge >= 0.3 is 23.7 Å². The van der Waals surface area contributed by atoms with Gasteiger partial charge in [-0.2, -0.15) is 0 Å². The predicted molar refractivity (Wildman–Crippen MR) is 195 cm³/mol. The third-order valence-electron chi connectivity index (χ3n) is 14.8. The molecule has 5 aliphatic heterocycles. The summed E-state index contributed by atoms with van der Waals surface area (Å²) in [7, 11) is 0. The number of carbonyl (C=O) groups is 3. The Morgan fingerprint density at radius 2 is 1.86 bits per heavy atom. The molecule has 9 rings (SSSR count). The summed E-state index contributed by atoms with van der Waals surface area (Å²) in [6, 6.07) is 4.30. The van der Waals surface area contributed by atoms with Crippen molar-refractivity contribution < 1.29 is 61.9 Å². The fourth-order valence-electron chi connectivity index (χ4n) is 11.4. The van der Waals surface area contributed by atoms with Crippen LogP contribution in [0.2, 0.25) is 0 Å². The quantitative estimate of drug-likeness (QED) is 0.0739. The van der Waals surface area contributed by atoms with Crippen molar-refractivity contribution in [3.8, 4) is 5.75 Å². The van der Waals surface area contributed by atoms with E-state index in [1.807, 2.05) is 27.7 Å². The van der Waals surface area contributed by atoms with Crippen LogP contribution in [0.4, 0.5) is 10.5 Å². The summed E-state index contributed by atoms with van der Waals surface area (Å²) >= 11 is 0. The molecule has 3 aliphatic carbocycles. The Morgan fingerprint density at radius 3 is 2.56 bits per heavy atom. The molecule has 6 fully saturated rings. The number of ether oxygens (including phenoxy) is 9. The number of epoxide rings is 3. The van der Waals surface area contributed by atoms with E-state index in [0.29, 0.717) is 18.6 Å². The van der Waals surface area contributed by atoms with Crippen molar-refractivity contribution in [2.45, 2.75) is 135 Å². The summed E-state index contributed by atoms with van der Waals surface area (Å²) < 4.78 is 55.5. The topological polar surface area (TPSA) is 191 Å². The summed E-state index contributed by atoms with van der Waals surface area (Å²) in [5.41, 5.74) is 0.369. The van der Waals surface area contributed by atoms with E-state index in [0.717, 1.165) is 17.6 Å². The summed E-state index contributed by atoms with van der Waals surface area (Å²) in [6.07, 6.45) is -2.30. The van der Waals surface area contributed by atoms with Crippen LogP contribution in [-0.4, -0.2) is 108 Å². The van der Waals surface area contributed by atoms with E-state index in [9.17, 15) is 24.5 Å². The lowest BCUT2D eigenvalue weighted by Crippen LogP contribution is -2.66. The van der Waals surface area contributed by atoms with Crippen molar-refractivity contribution in [1.29, 1.82) is 0 Å². The largest absolute Gasteiger partial charge is 0.458 e. The summed E-state index contributed by atoms with van der Waals surface area (Å²) in [4.78, 5) is 51.1. The second-order valence-corrected chi connectivity index (χ2v) is 17.8. The highest BCUT2D eigenvalue weighted by atomic mass is 16.7. The maximum Gasteiger partial charge on any atom is 0.411 e. The average molecular weight is 797 g/mol. The first kappa shape index (κ1) is 38.7. The fraction of sp³-hybridized carbons (Fsp3) is 0.732. The monoisotopic (exact) mass is 796 g/mol. The summed E-state index contributed by atoms with van der Waals surface area (Å²) in [5, 5.41) is 12.2. The number of esters is 2. The lowest BCUT2D eigenvalue weighted by molar-refractivity contribution is -0.387. The number of cyclic esters (lactones) is 1. The molecule has 0 bridgehead atoms. The Morgan fingerprint density at radius 1 is 1.09 bits per heavy atom. The molecule has 4 unspecified atom stereocenters. The minimum absolute atomic E-state index is 0.0120. The number of fused-ring (bicyclic) bond motifs is 7. The molecule has 1 amide bonds. The van der Waals surface area contributed by atoms with Gasteiger partial charge in [0.25, 0.3) is 0 Å². The summed E-state index contributed by atoms with van der Waals surface area (Å²) in [5.74, 6) is -0.925. The third kappa shape index (κ3) is 5.60. The number of amides is 1. The van der Waals surface area contributed by atoms with E-state index >= 15 is 0 Å². The van der Waals surface area contributed by atoms with Gasteiger partial charge in [-0.05, 0) is 55.7 Å². The van der Waals surface area contributed by atoms with Gasteiger partial charge < -0.3 is 42.6 Å². The van der Waals surface area contributed by atoms with Gasteiger partial charge in [0, 0.05) is 48.3 Å². The second kappa shape index (κ2) is 13.3. The van der Waals surface area contributed by atoms with Crippen LogP contribution in [0.1, 0.15) is 73.8 Å². The SMILES string of the molecule is CCN(COC1C2[C@H]3O[C@H]3[C@H]3C4=C(CC[C@]3(C)[C@@]23O[C@H]3[C@@H]2O[C@]12C(C)C)C(=O)OC4)C(=O)OCc1ccc(O[C@@H]2OC(C)[C@@H](C)[C@H](C)C2OC(C)=O)c([N+](=O)[O-])c1. The minimum atomic E-state index is -1.06. The Labute approximate surface area is 330 Å². The smallest absolute Gasteiger partial charge is 0.411 e. The van der Waals surface area contributed by atoms with Crippen molar-refractivity contribution in [3.63, 3.8) is 0 Å². The van der Waals surface area contributed by atoms with Gasteiger partial charge in [0.1, 0.15) is 43.4 Å². The Kier molecular flexibility index (Phi) is 9.06. The van der Waals surface area contributed by atoms with Crippen LogP contribution in [0.5, 0.6) is 5.75 Å². The molecule has 0 N–H and O–H groups in total. The number of benzene rings is 1. The number of carbonyl (C=O) groups excluding carboxylic acids is 3. The highest BCUT2D eigenvalue weighted by Gasteiger charge is 2.93. The number of nitro benzene ring substituents is 1. The van der Waals surface area contributed by atoms with Gasteiger partial charge in [0.2, 0.25) is 6.29 Å². The van der Waals surface area contributed by atoms with Gasteiger partial charge in [-0.1, -0.05) is 40.7 Å². The number of hydrogen-bond acceptors (Lipinski definition) is 14. The molecule has 1 aromatic carbocycles. The van der Waals surface area contributed by atoms with E-state index < -0.39 is 46.7 Å².